The molecule has 1 aromatic rings. The first kappa shape index (κ1) is 16.5. The molecule has 0 aliphatic rings. The van der Waals surface area contributed by atoms with Gasteiger partial charge < -0.3 is 15.5 Å². The standard InChI is InChI=1S/C12H20F3N5/c1-4-16-11-18-9(12(13,14)15)8-10(19-11)17-6-5-7-20(2)3/h8H,4-7H2,1-3H3,(H2,16,17,18,19). The van der Waals surface area contributed by atoms with E-state index in [9.17, 15) is 13.2 Å². The van der Waals surface area contributed by atoms with Crippen LogP contribution in [-0.4, -0.2) is 48.6 Å². The summed E-state index contributed by atoms with van der Waals surface area (Å²) in [6, 6.07) is 0.927. The van der Waals surface area contributed by atoms with Gasteiger partial charge in [-0.15, -0.1) is 0 Å². The number of halogens is 3. The smallest absolute Gasteiger partial charge is 0.370 e. The highest BCUT2D eigenvalue weighted by Crippen LogP contribution is 2.29. The lowest BCUT2D eigenvalue weighted by Gasteiger charge is -2.13. The van der Waals surface area contributed by atoms with E-state index in [1.54, 1.807) is 6.92 Å². The molecule has 0 bridgehead atoms. The van der Waals surface area contributed by atoms with Crippen LogP contribution in [0, 0.1) is 0 Å². The molecule has 0 unspecified atom stereocenters. The van der Waals surface area contributed by atoms with Crippen molar-refractivity contribution in [2.75, 3.05) is 44.4 Å². The molecule has 5 nitrogen and oxygen atoms in total. The molecule has 1 aromatic heterocycles. The predicted octanol–water partition coefficient (Wildman–Crippen LogP) is 2.29. The van der Waals surface area contributed by atoms with E-state index in [4.69, 9.17) is 0 Å². The van der Waals surface area contributed by atoms with E-state index in [0.717, 1.165) is 19.0 Å². The van der Waals surface area contributed by atoms with Gasteiger partial charge in [0.05, 0.1) is 0 Å². The Kier molecular flexibility index (Phi) is 6.00. The van der Waals surface area contributed by atoms with Crippen molar-refractivity contribution in [2.24, 2.45) is 0 Å². The van der Waals surface area contributed by atoms with Crippen LogP contribution in [0.4, 0.5) is 24.9 Å². The van der Waals surface area contributed by atoms with Crippen LogP contribution in [0.25, 0.3) is 0 Å². The Hall–Kier alpha value is -1.57. The van der Waals surface area contributed by atoms with Gasteiger partial charge in [0, 0.05) is 19.2 Å². The molecule has 0 spiro atoms. The highest BCUT2D eigenvalue weighted by molar-refractivity contribution is 5.43. The highest BCUT2D eigenvalue weighted by atomic mass is 19.4. The monoisotopic (exact) mass is 291 g/mol. The molecule has 0 aliphatic heterocycles. The summed E-state index contributed by atoms with van der Waals surface area (Å²) in [6.07, 6.45) is -3.66. The molecule has 0 saturated carbocycles. The fourth-order valence-electron chi connectivity index (χ4n) is 1.53. The number of alkyl halides is 3. The summed E-state index contributed by atoms with van der Waals surface area (Å²) >= 11 is 0. The average molecular weight is 291 g/mol. The average Bonchev–Trinajstić information content (AvgIpc) is 2.33. The van der Waals surface area contributed by atoms with Crippen LogP contribution in [0.3, 0.4) is 0 Å². The molecule has 0 atom stereocenters. The van der Waals surface area contributed by atoms with Crippen molar-refractivity contribution in [2.45, 2.75) is 19.5 Å². The lowest BCUT2D eigenvalue weighted by molar-refractivity contribution is -0.141. The molecule has 1 rings (SSSR count). The normalized spacial score (nSPS) is 11.8. The van der Waals surface area contributed by atoms with Gasteiger partial charge >= 0.3 is 6.18 Å². The molecule has 0 aliphatic carbocycles. The Labute approximate surface area is 116 Å². The van der Waals surface area contributed by atoms with Gasteiger partial charge in [-0.25, -0.2) is 4.98 Å². The number of nitrogens with one attached hydrogen (secondary N) is 2. The minimum absolute atomic E-state index is 0.0163. The quantitative estimate of drug-likeness (QED) is 0.755. The maximum atomic E-state index is 12.7. The summed E-state index contributed by atoms with van der Waals surface area (Å²) < 4.78 is 38.2. The Morgan fingerprint density at radius 3 is 2.45 bits per heavy atom. The third-order valence-corrected chi connectivity index (χ3v) is 2.44. The van der Waals surface area contributed by atoms with E-state index in [-0.39, 0.29) is 11.8 Å². The predicted molar refractivity (Wildman–Crippen MR) is 72.9 cm³/mol. The Morgan fingerprint density at radius 1 is 1.20 bits per heavy atom. The summed E-state index contributed by atoms with van der Waals surface area (Å²) in [6.45, 7) is 3.64. The molecule has 0 fully saturated rings. The van der Waals surface area contributed by atoms with Crippen LogP contribution in [0.2, 0.25) is 0 Å². The largest absolute Gasteiger partial charge is 0.433 e. The lowest BCUT2D eigenvalue weighted by atomic mass is 10.3. The first-order valence-electron chi connectivity index (χ1n) is 6.41. The van der Waals surface area contributed by atoms with E-state index in [2.05, 4.69) is 20.6 Å². The van der Waals surface area contributed by atoms with Crippen LogP contribution < -0.4 is 10.6 Å². The van der Waals surface area contributed by atoms with Crippen LogP contribution in [0.15, 0.2) is 6.07 Å². The van der Waals surface area contributed by atoms with Crippen molar-refractivity contribution in [3.8, 4) is 0 Å². The number of nitrogens with zero attached hydrogens (tertiary/aromatic N) is 3. The second-order valence-electron chi connectivity index (χ2n) is 4.57. The third-order valence-electron chi connectivity index (χ3n) is 2.44. The second-order valence-corrected chi connectivity index (χ2v) is 4.57. The third kappa shape index (κ3) is 5.60. The summed E-state index contributed by atoms with van der Waals surface area (Å²) in [5, 5.41) is 5.59. The van der Waals surface area contributed by atoms with Gasteiger partial charge in [0.25, 0.3) is 0 Å². The van der Waals surface area contributed by atoms with Crippen molar-refractivity contribution < 1.29 is 13.2 Å². The second kappa shape index (κ2) is 7.28. The SMILES string of the molecule is CCNc1nc(NCCCN(C)C)cc(C(F)(F)F)n1. The highest BCUT2D eigenvalue weighted by Gasteiger charge is 2.33. The zero-order valence-corrected chi connectivity index (χ0v) is 11.9. The van der Waals surface area contributed by atoms with Crippen molar-refractivity contribution in [1.82, 2.24) is 14.9 Å². The van der Waals surface area contributed by atoms with Gasteiger partial charge in [-0.2, -0.15) is 18.2 Å². The van der Waals surface area contributed by atoms with Crippen LogP contribution >= 0.6 is 0 Å². The summed E-state index contributed by atoms with van der Waals surface area (Å²) in [5.41, 5.74) is -0.946. The van der Waals surface area contributed by atoms with Crippen LogP contribution in [0.5, 0.6) is 0 Å². The molecule has 1 heterocycles. The molecule has 0 amide bonds. The van der Waals surface area contributed by atoms with Crippen molar-refractivity contribution in [1.29, 1.82) is 0 Å². The number of hydrogen-bond donors (Lipinski definition) is 2. The molecule has 20 heavy (non-hydrogen) atoms. The van der Waals surface area contributed by atoms with E-state index >= 15 is 0 Å². The number of hydrogen-bond acceptors (Lipinski definition) is 5. The zero-order chi connectivity index (χ0) is 15.2. The van der Waals surface area contributed by atoms with Crippen molar-refractivity contribution >= 4 is 11.8 Å². The molecular formula is C12H20F3N5. The summed E-state index contributed by atoms with van der Waals surface area (Å²) in [5.74, 6) is 0.166. The van der Waals surface area contributed by atoms with Gasteiger partial charge in [-0.3, -0.25) is 0 Å². The Balaban J connectivity index is 2.76. The molecule has 114 valence electrons. The molecular weight excluding hydrogens is 271 g/mol. The fraction of sp³-hybridized carbons (Fsp3) is 0.667. The molecule has 8 heteroatoms. The lowest BCUT2D eigenvalue weighted by Crippen LogP contribution is -2.18. The number of anilines is 2. The van der Waals surface area contributed by atoms with E-state index in [1.807, 2.05) is 19.0 Å². The van der Waals surface area contributed by atoms with E-state index in [0.29, 0.717) is 13.1 Å². The van der Waals surface area contributed by atoms with Gasteiger partial charge in [-0.1, -0.05) is 0 Å². The topological polar surface area (TPSA) is 53.1 Å². The van der Waals surface area contributed by atoms with Crippen LogP contribution in [-0.2, 0) is 6.18 Å². The van der Waals surface area contributed by atoms with Crippen molar-refractivity contribution in [3.63, 3.8) is 0 Å². The van der Waals surface area contributed by atoms with E-state index in [1.165, 1.54) is 0 Å². The molecule has 0 aromatic carbocycles. The first-order valence-corrected chi connectivity index (χ1v) is 6.41. The maximum absolute atomic E-state index is 12.7. The number of aromatic nitrogens is 2. The first-order chi connectivity index (χ1) is 9.32. The molecule has 0 radical (unpaired) electrons. The summed E-state index contributed by atoms with van der Waals surface area (Å²) in [4.78, 5) is 9.47. The van der Waals surface area contributed by atoms with Gasteiger partial charge in [0.2, 0.25) is 5.95 Å². The Bertz CT molecular complexity index is 420. The van der Waals surface area contributed by atoms with Gasteiger partial charge in [0.1, 0.15) is 5.82 Å². The minimum atomic E-state index is -4.48. The minimum Gasteiger partial charge on any atom is -0.370 e. The maximum Gasteiger partial charge on any atom is 0.433 e. The Morgan fingerprint density at radius 2 is 1.90 bits per heavy atom. The van der Waals surface area contributed by atoms with Gasteiger partial charge in [-0.05, 0) is 34.0 Å². The molecule has 0 saturated heterocycles. The fourth-order valence-corrected chi connectivity index (χ4v) is 1.53. The van der Waals surface area contributed by atoms with Crippen LogP contribution in [0.1, 0.15) is 19.0 Å². The van der Waals surface area contributed by atoms with Crippen molar-refractivity contribution in [3.05, 3.63) is 11.8 Å². The van der Waals surface area contributed by atoms with Gasteiger partial charge in [0.15, 0.2) is 5.69 Å². The molecule has 2 N–H and O–H groups in total. The van der Waals surface area contributed by atoms with E-state index < -0.39 is 11.9 Å². The number of rotatable bonds is 7. The zero-order valence-electron chi connectivity index (χ0n) is 11.9. The summed E-state index contributed by atoms with van der Waals surface area (Å²) in [7, 11) is 3.88.